The zero-order valence-corrected chi connectivity index (χ0v) is 14.3. The number of carbonyl (C=O) groups excluding carboxylic acids is 1. The number of hydrogen-bond donors (Lipinski definition) is 0. The fourth-order valence-corrected chi connectivity index (χ4v) is 3.14. The van der Waals surface area contributed by atoms with Gasteiger partial charge in [-0.15, -0.1) is 0 Å². The summed E-state index contributed by atoms with van der Waals surface area (Å²) in [5.74, 6) is 2.17. The lowest BCUT2D eigenvalue weighted by atomic mass is 9.92. The van der Waals surface area contributed by atoms with E-state index < -0.39 is 0 Å². The fourth-order valence-electron chi connectivity index (χ4n) is 3.14. The topological polar surface area (TPSA) is 47.4 Å². The zero-order chi connectivity index (χ0) is 16.1. The number of hydrogen-bond acceptors (Lipinski definition) is 3. The third-order valence-electron chi connectivity index (χ3n) is 4.55. The van der Waals surface area contributed by atoms with Gasteiger partial charge < -0.3 is 14.2 Å². The number of nitrogens with zero attached hydrogens (tertiary/aromatic N) is 3. The Hall–Kier alpha value is -1.36. The molecule has 5 heteroatoms. The molecule has 0 bridgehead atoms. The average molecular weight is 307 g/mol. The van der Waals surface area contributed by atoms with E-state index in [1.165, 1.54) is 5.69 Å². The molecule has 0 unspecified atom stereocenters. The Labute approximate surface area is 133 Å². The van der Waals surface area contributed by atoms with Gasteiger partial charge in [0.25, 0.3) is 0 Å². The minimum Gasteiger partial charge on any atom is -0.383 e. The Morgan fingerprint density at radius 3 is 2.68 bits per heavy atom. The number of imidazole rings is 1. The maximum absolute atomic E-state index is 12.0. The quantitative estimate of drug-likeness (QED) is 0.810. The minimum absolute atomic E-state index is 0.104. The molecular weight excluding hydrogens is 278 g/mol. The first kappa shape index (κ1) is 17.0. The first-order valence-electron chi connectivity index (χ1n) is 8.31. The van der Waals surface area contributed by atoms with Crippen LogP contribution < -0.4 is 0 Å². The molecule has 0 atom stereocenters. The number of aromatic nitrogens is 2. The number of methoxy groups -OCH3 is 1. The highest BCUT2D eigenvalue weighted by Gasteiger charge is 2.25. The maximum Gasteiger partial charge on any atom is 0.225 e. The maximum atomic E-state index is 12.0. The molecule has 2 rings (SSSR count). The van der Waals surface area contributed by atoms with Gasteiger partial charge in [-0.1, -0.05) is 13.8 Å². The molecule has 1 saturated heterocycles. The summed E-state index contributed by atoms with van der Waals surface area (Å²) in [4.78, 5) is 18.6. The third-order valence-corrected chi connectivity index (χ3v) is 4.55. The molecule has 0 N–H and O–H groups in total. The highest BCUT2D eigenvalue weighted by molar-refractivity contribution is 5.78. The molecule has 0 aromatic carbocycles. The first-order valence-corrected chi connectivity index (χ1v) is 8.31. The molecule has 1 aliphatic rings. The molecule has 1 amide bonds. The number of amides is 1. The molecule has 1 aromatic heterocycles. The largest absolute Gasteiger partial charge is 0.383 e. The lowest BCUT2D eigenvalue weighted by Crippen LogP contribution is -2.41. The van der Waals surface area contributed by atoms with Crippen LogP contribution in [0.1, 0.15) is 38.2 Å². The van der Waals surface area contributed by atoms with E-state index in [1.807, 2.05) is 24.9 Å². The number of aryl methyl sites for hydroxylation is 1. The highest BCUT2D eigenvalue weighted by Crippen LogP contribution is 2.22. The molecule has 0 radical (unpaired) electrons. The van der Waals surface area contributed by atoms with Crippen molar-refractivity contribution < 1.29 is 9.53 Å². The van der Waals surface area contributed by atoms with Crippen molar-refractivity contribution in [2.45, 2.75) is 46.6 Å². The molecule has 2 heterocycles. The van der Waals surface area contributed by atoms with Crippen LogP contribution in [0.4, 0.5) is 0 Å². The second-order valence-electron chi connectivity index (χ2n) is 6.59. The number of likely N-dealkylation sites (tertiary alicyclic amines) is 1. The summed E-state index contributed by atoms with van der Waals surface area (Å²) in [6.45, 7) is 9.40. The zero-order valence-electron chi connectivity index (χ0n) is 14.3. The van der Waals surface area contributed by atoms with Gasteiger partial charge in [0.2, 0.25) is 5.91 Å². The van der Waals surface area contributed by atoms with E-state index in [4.69, 9.17) is 4.74 Å². The van der Waals surface area contributed by atoms with Crippen LogP contribution in [0.25, 0.3) is 0 Å². The summed E-state index contributed by atoms with van der Waals surface area (Å²) in [5.41, 5.74) is 1.19. The molecule has 1 fully saturated rings. The molecule has 1 aromatic rings. The number of ether oxygens (including phenoxy) is 1. The standard InChI is InChI=1S/C17H29N3O2/c1-13(2)17(21)19-7-5-15(6-8-19)11-16-18-12-14(3)20(16)9-10-22-4/h12-13,15H,5-11H2,1-4H3. The predicted molar refractivity (Wildman–Crippen MR) is 86.7 cm³/mol. The van der Waals surface area contributed by atoms with Gasteiger partial charge in [0.15, 0.2) is 0 Å². The third kappa shape index (κ3) is 4.09. The van der Waals surface area contributed by atoms with Crippen LogP contribution in [0, 0.1) is 18.8 Å². The summed E-state index contributed by atoms with van der Waals surface area (Å²) >= 11 is 0. The molecule has 5 nitrogen and oxygen atoms in total. The van der Waals surface area contributed by atoms with Gasteiger partial charge in [-0.05, 0) is 25.7 Å². The van der Waals surface area contributed by atoms with Crippen molar-refractivity contribution in [1.29, 1.82) is 0 Å². The van der Waals surface area contributed by atoms with Crippen molar-refractivity contribution in [3.8, 4) is 0 Å². The van der Waals surface area contributed by atoms with Crippen LogP contribution in [0.3, 0.4) is 0 Å². The van der Waals surface area contributed by atoms with Crippen molar-refractivity contribution in [3.63, 3.8) is 0 Å². The van der Waals surface area contributed by atoms with Crippen molar-refractivity contribution in [3.05, 3.63) is 17.7 Å². The van der Waals surface area contributed by atoms with E-state index in [2.05, 4.69) is 16.5 Å². The highest BCUT2D eigenvalue weighted by atomic mass is 16.5. The second-order valence-corrected chi connectivity index (χ2v) is 6.59. The fraction of sp³-hybridized carbons (Fsp3) is 0.765. The van der Waals surface area contributed by atoms with Crippen LogP contribution in [-0.2, 0) is 22.5 Å². The predicted octanol–water partition coefficient (Wildman–Crippen LogP) is 2.28. The Bertz CT molecular complexity index is 488. The van der Waals surface area contributed by atoms with E-state index in [0.717, 1.165) is 44.7 Å². The van der Waals surface area contributed by atoms with E-state index >= 15 is 0 Å². The smallest absolute Gasteiger partial charge is 0.225 e. The van der Waals surface area contributed by atoms with Gasteiger partial charge in [-0.3, -0.25) is 4.79 Å². The SMILES string of the molecule is COCCn1c(C)cnc1CC1CCN(C(=O)C(C)C)CC1. The van der Waals surface area contributed by atoms with Gasteiger partial charge in [0.1, 0.15) is 5.82 Å². The summed E-state index contributed by atoms with van der Waals surface area (Å²) in [7, 11) is 1.73. The summed E-state index contributed by atoms with van der Waals surface area (Å²) in [6, 6.07) is 0. The van der Waals surface area contributed by atoms with Crippen molar-refractivity contribution in [1.82, 2.24) is 14.5 Å². The lowest BCUT2D eigenvalue weighted by molar-refractivity contribution is -0.135. The van der Waals surface area contributed by atoms with E-state index in [1.54, 1.807) is 7.11 Å². The summed E-state index contributed by atoms with van der Waals surface area (Å²) in [5, 5.41) is 0. The minimum atomic E-state index is 0.104. The first-order chi connectivity index (χ1) is 10.5. The number of carbonyl (C=O) groups is 1. The Kier molecular flexibility index (Phi) is 6.00. The molecule has 1 aliphatic heterocycles. The van der Waals surface area contributed by atoms with Crippen LogP contribution >= 0.6 is 0 Å². The van der Waals surface area contributed by atoms with Crippen LogP contribution in [-0.4, -0.2) is 47.2 Å². The Morgan fingerprint density at radius 1 is 1.41 bits per heavy atom. The summed E-state index contributed by atoms with van der Waals surface area (Å²) in [6.07, 6.45) is 5.10. The second kappa shape index (κ2) is 7.77. The molecule has 0 saturated carbocycles. The van der Waals surface area contributed by atoms with E-state index in [9.17, 15) is 4.79 Å². The van der Waals surface area contributed by atoms with Crippen molar-refractivity contribution >= 4 is 5.91 Å². The van der Waals surface area contributed by atoms with Gasteiger partial charge in [-0.2, -0.15) is 0 Å². The lowest BCUT2D eigenvalue weighted by Gasteiger charge is -2.33. The van der Waals surface area contributed by atoms with Gasteiger partial charge in [0.05, 0.1) is 6.61 Å². The number of rotatable bonds is 6. The molecular formula is C17H29N3O2. The van der Waals surface area contributed by atoms with E-state index in [0.29, 0.717) is 12.5 Å². The van der Waals surface area contributed by atoms with Crippen LogP contribution in [0.15, 0.2) is 6.20 Å². The Morgan fingerprint density at radius 2 is 2.09 bits per heavy atom. The van der Waals surface area contributed by atoms with Gasteiger partial charge in [-0.25, -0.2) is 4.98 Å². The van der Waals surface area contributed by atoms with Crippen LogP contribution in [0.5, 0.6) is 0 Å². The molecule has 22 heavy (non-hydrogen) atoms. The number of piperidine rings is 1. The van der Waals surface area contributed by atoms with Gasteiger partial charge >= 0.3 is 0 Å². The van der Waals surface area contributed by atoms with E-state index in [-0.39, 0.29) is 11.8 Å². The van der Waals surface area contributed by atoms with Crippen molar-refractivity contribution in [2.24, 2.45) is 11.8 Å². The van der Waals surface area contributed by atoms with Crippen LogP contribution in [0.2, 0.25) is 0 Å². The monoisotopic (exact) mass is 307 g/mol. The summed E-state index contributed by atoms with van der Waals surface area (Å²) < 4.78 is 7.44. The molecule has 0 aliphatic carbocycles. The molecule has 124 valence electrons. The Balaban J connectivity index is 1.90. The molecule has 0 spiro atoms. The average Bonchev–Trinajstić information content (AvgIpc) is 2.85. The van der Waals surface area contributed by atoms with Crippen molar-refractivity contribution in [2.75, 3.05) is 26.8 Å². The van der Waals surface area contributed by atoms with Gasteiger partial charge in [0, 0.05) is 51.0 Å². The normalized spacial score (nSPS) is 16.5.